The van der Waals surface area contributed by atoms with Gasteiger partial charge in [-0.05, 0) is 13.8 Å². The van der Waals surface area contributed by atoms with Crippen LogP contribution in [0.3, 0.4) is 0 Å². The molecule has 0 aliphatic rings. The van der Waals surface area contributed by atoms with Crippen LogP contribution < -0.4 is 0 Å². The molecule has 0 aliphatic carbocycles. The van der Waals surface area contributed by atoms with E-state index in [0.29, 0.717) is 0 Å². The number of rotatable bonds is 5. The predicted octanol–water partition coefficient (Wildman–Crippen LogP) is 2.88. The highest BCUT2D eigenvalue weighted by atomic mass is 19.4. The molecule has 0 heterocycles. The highest BCUT2D eigenvalue weighted by molar-refractivity contribution is 4.85. The molecule has 0 radical (unpaired) electrons. The van der Waals surface area contributed by atoms with Crippen molar-refractivity contribution < 1.29 is 35.8 Å². The van der Waals surface area contributed by atoms with Crippen LogP contribution in [0.15, 0.2) is 0 Å². The fourth-order valence-electron chi connectivity index (χ4n) is 0.764. The molecule has 0 saturated carbocycles. The number of alkyl halides is 6. The molecule has 8 heteroatoms. The van der Waals surface area contributed by atoms with Crippen LogP contribution in [0.4, 0.5) is 26.3 Å². The molecule has 0 unspecified atom stereocenters. The second kappa shape index (κ2) is 4.56. The highest BCUT2D eigenvalue weighted by Gasteiger charge is 2.74. The molecule has 0 aliphatic heterocycles. The van der Waals surface area contributed by atoms with Crippen LogP contribution in [0.2, 0.25) is 0 Å². The highest BCUT2D eigenvalue weighted by Crippen LogP contribution is 2.46. The molecule has 0 bridgehead atoms. The summed E-state index contributed by atoms with van der Waals surface area (Å²) in [6, 6.07) is -4.48. The second-order valence-electron chi connectivity index (χ2n) is 2.47. The van der Waals surface area contributed by atoms with Crippen LogP contribution >= 0.6 is 0 Å². The van der Waals surface area contributed by atoms with Crippen molar-refractivity contribution >= 4 is 0 Å². The summed E-state index contributed by atoms with van der Waals surface area (Å²) in [6.07, 6.45) is -6.08. The van der Waals surface area contributed by atoms with Gasteiger partial charge in [-0.2, -0.15) is 26.3 Å². The summed E-state index contributed by atoms with van der Waals surface area (Å²) in [5.41, 5.74) is 0. The Morgan fingerprint density at radius 1 is 0.800 bits per heavy atom. The monoisotopic (exact) mass is 240 g/mol. The van der Waals surface area contributed by atoms with Gasteiger partial charge in [-0.15, -0.1) is 0 Å². The molecule has 0 spiro atoms. The smallest absolute Gasteiger partial charge is 0.319 e. The minimum atomic E-state index is -6.08. The van der Waals surface area contributed by atoms with Crippen molar-refractivity contribution in [2.45, 2.75) is 32.0 Å². The standard InChI is InChI=1S/C7H10F6O2/c1-3-14-7(13,15-4-2)5(8,9)6(10,11)12/h3-4H2,1-2H3. The van der Waals surface area contributed by atoms with Crippen molar-refractivity contribution in [3.63, 3.8) is 0 Å². The minimum Gasteiger partial charge on any atom is -0.319 e. The SMILES string of the molecule is CCOC(F)(OCC)C(F)(F)C(F)(F)F. The maximum absolute atomic E-state index is 13.2. The molecule has 15 heavy (non-hydrogen) atoms. The maximum atomic E-state index is 13.2. The van der Waals surface area contributed by atoms with Crippen molar-refractivity contribution in [1.82, 2.24) is 0 Å². The summed E-state index contributed by atoms with van der Waals surface area (Å²) >= 11 is 0. The van der Waals surface area contributed by atoms with Crippen LogP contribution in [-0.4, -0.2) is 31.4 Å². The average Bonchev–Trinajstić information content (AvgIpc) is 2.02. The van der Waals surface area contributed by atoms with Gasteiger partial charge >= 0.3 is 18.1 Å². The molecule has 0 aromatic rings. The van der Waals surface area contributed by atoms with E-state index in [1.165, 1.54) is 0 Å². The zero-order valence-corrected chi connectivity index (χ0v) is 8.00. The molecule has 0 aromatic carbocycles. The first-order valence-electron chi connectivity index (χ1n) is 4.03. The molecule has 0 amide bonds. The maximum Gasteiger partial charge on any atom is 0.462 e. The van der Waals surface area contributed by atoms with Gasteiger partial charge in [0.05, 0.1) is 13.2 Å². The largest absolute Gasteiger partial charge is 0.462 e. The van der Waals surface area contributed by atoms with Gasteiger partial charge < -0.3 is 9.47 Å². The van der Waals surface area contributed by atoms with Crippen LogP contribution in [0, 0.1) is 0 Å². The molecular weight excluding hydrogens is 230 g/mol. The molecule has 92 valence electrons. The molecule has 0 atom stereocenters. The number of halogens is 6. The van der Waals surface area contributed by atoms with Crippen molar-refractivity contribution in [2.75, 3.05) is 13.2 Å². The average molecular weight is 240 g/mol. The summed E-state index contributed by atoms with van der Waals surface area (Å²) in [5, 5.41) is 0. The third kappa shape index (κ3) is 2.75. The Morgan fingerprint density at radius 3 is 1.33 bits per heavy atom. The predicted molar refractivity (Wildman–Crippen MR) is 38.1 cm³/mol. The molecule has 2 nitrogen and oxygen atoms in total. The van der Waals surface area contributed by atoms with E-state index in [1.807, 2.05) is 0 Å². The van der Waals surface area contributed by atoms with Crippen LogP contribution in [0.5, 0.6) is 0 Å². The Bertz CT molecular complexity index is 196. The Hall–Kier alpha value is -0.500. The van der Waals surface area contributed by atoms with E-state index in [1.54, 1.807) is 0 Å². The molecular formula is C7H10F6O2. The Balaban J connectivity index is 5.05. The first-order chi connectivity index (χ1) is 6.62. The van der Waals surface area contributed by atoms with Gasteiger partial charge in [-0.1, -0.05) is 0 Å². The number of hydrogen-bond acceptors (Lipinski definition) is 2. The van der Waals surface area contributed by atoms with E-state index >= 15 is 0 Å². The lowest BCUT2D eigenvalue weighted by Gasteiger charge is -2.32. The van der Waals surface area contributed by atoms with Crippen LogP contribution in [0.1, 0.15) is 13.8 Å². The van der Waals surface area contributed by atoms with E-state index in [0.717, 1.165) is 13.8 Å². The lowest BCUT2D eigenvalue weighted by molar-refractivity contribution is -0.458. The van der Waals surface area contributed by atoms with Gasteiger partial charge in [-0.3, -0.25) is 0 Å². The first-order valence-corrected chi connectivity index (χ1v) is 4.03. The minimum absolute atomic E-state index is 0.678. The van der Waals surface area contributed by atoms with E-state index in [2.05, 4.69) is 9.47 Å². The van der Waals surface area contributed by atoms with Crippen LogP contribution in [0.25, 0.3) is 0 Å². The first kappa shape index (κ1) is 14.5. The summed E-state index contributed by atoms with van der Waals surface area (Å²) in [7, 11) is 0. The topological polar surface area (TPSA) is 18.5 Å². The molecule has 0 fully saturated rings. The van der Waals surface area contributed by atoms with E-state index in [9.17, 15) is 26.3 Å². The van der Waals surface area contributed by atoms with Gasteiger partial charge in [0.25, 0.3) is 0 Å². The Morgan fingerprint density at radius 2 is 1.13 bits per heavy atom. The van der Waals surface area contributed by atoms with Crippen molar-refractivity contribution in [3.05, 3.63) is 0 Å². The summed E-state index contributed by atoms with van der Waals surface area (Å²) in [4.78, 5) is 0. The zero-order chi connectivity index (χ0) is 12.3. The Labute approximate surface area is 82.1 Å². The zero-order valence-electron chi connectivity index (χ0n) is 8.00. The molecule has 0 rings (SSSR count). The van der Waals surface area contributed by atoms with Crippen molar-refractivity contribution in [3.8, 4) is 0 Å². The Kier molecular flexibility index (Phi) is 4.41. The van der Waals surface area contributed by atoms with Gasteiger partial charge in [0.15, 0.2) is 0 Å². The number of hydrogen-bond donors (Lipinski definition) is 0. The third-order valence-electron chi connectivity index (χ3n) is 1.39. The van der Waals surface area contributed by atoms with Crippen molar-refractivity contribution in [2.24, 2.45) is 0 Å². The fourth-order valence-corrected chi connectivity index (χ4v) is 0.764. The summed E-state index contributed by atoms with van der Waals surface area (Å²) in [5.74, 6) is -5.72. The third-order valence-corrected chi connectivity index (χ3v) is 1.39. The molecule has 0 N–H and O–H groups in total. The summed E-state index contributed by atoms with van der Waals surface area (Å²) in [6.45, 7) is 0.782. The van der Waals surface area contributed by atoms with Gasteiger partial charge in [0, 0.05) is 0 Å². The van der Waals surface area contributed by atoms with E-state index in [4.69, 9.17) is 0 Å². The lowest BCUT2D eigenvalue weighted by Crippen LogP contribution is -2.57. The van der Waals surface area contributed by atoms with Gasteiger partial charge in [-0.25, -0.2) is 0 Å². The van der Waals surface area contributed by atoms with Gasteiger partial charge in [0.2, 0.25) is 0 Å². The quantitative estimate of drug-likeness (QED) is 0.543. The number of ether oxygens (including phenoxy) is 2. The second-order valence-corrected chi connectivity index (χ2v) is 2.47. The summed E-state index contributed by atoms with van der Waals surface area (Å²) < 4.78 is 81.2. The molecule has 0 aromatic heterocycles. The lowest BCUT2D eigenvalue weighted by atomic mass is 10.3. The normalized spacial score (nSPS) is 14.4. The van der Waals surface area contributed by atoms with E-state index < -0.39 is 31.4 Å². The molecule has 0 saturated heterocycles. The van der Waals surface area contributed by atoms with E-state index in [-0.39, 0.29) is 0 Å². The van der Waals surface area contributed by atoms with Gasteiger partial charge in [0.1, 0.15) is 0 Å². The van der Waals surface area contributed by atoms with Crippen LogP contribution in [-0.2, 0) is 9.47 Å². The van der Waals surface area contributed by atoms with Crippen molar-refractivity contribution in [1.29, 1.82) is 0 Å². The fraction of sp³-hybridized carbons (Fsp3) is 1.00.